The van der Waals surface area contributed by atoms with E-state index in [1.165, 1.54) is 17.5 Å². The van der Waals surface area contributed by atoms with Crippen LogP contribution in [0.5, 0.6) is 5.75 Å². The van der Waals surface area contributed by atoms with Crippen LogP contribution in [0.15, 0.2) is 53.5 Å². The van der Waals surface area contributed by atoms with E-state index in [2.05, 4.69) is 5.32 Å². The zero-order valence-electron chi connectivity index (χ0n) is 17.6. The van der Waals surface area contributed by atoms with Crippen molar-refractivity contribution < 1.29 is 9.53 Å². The number of fused-ring (bicyclic) bond motifs is 2. The van der Waals surface area contributed by atoms with Crippen molar-refractivity contribution in [2.75, 3.05) is 14.2 Å². The molecule has 1 aromatic carbocycles. The van der Waals surface area contributed by atoms with Gasteiger partial charge in [0.25, 0.3) is 11.5 Å². The molecule has 4 aromatic rings. The summed E-state index contributed by atoms with van der Waals surface area (Å²) < 4.78 is 8.31. The number of hydrogen-bond donors (Lipinski definition) is 2. The molecule has 2 N–H and O–H groups in total. The van der Waals surface area contributed by atoms with Crippen molar-refractivity contribution in [3.63, 3.8) is 0 Å². The molecule has 3 heterocycles. The summed E-state index contributed by atoms with van der Waals surface area (Å²) in [6.07, 6.45) is 2.26. The van der Waals surface area contributed by atoms with Gasteiger partial charge in [0.15, 0.2) is 0 Å². The first-order valence-corrected chi connectivity index (χ1v) is 9.89. The maximum Gasteiger partial charge on any atom is 0.267 e. The SMILES string of the molecule is CNC(=O)c1cc2c(=O)n3cccc(C)c3nc2n(CCc2ccc(OC)cc2)c1=N. The molecule has 1 amide bonds. The van der Waals surface area contributed by atoms with E-state index >= 15 is 0 Å². The molecule has 0 saturated heterocycles. The molecule has 8 nitrogen and oxygen atoms in total. The quantitative estimate of drug-likeness (QED) is 0.485. The summed E-state index contributed by atoms with van der Waals surface area (Å²) in [5.74, 6) is 0.347. The van der Waals surface area contributed by atoms with Crippen LogP contribution < -0.4 is 21.1 Å². The van der Waals surface area contributed by atoms with Crippen LogP contribution in [-0.2, 0) is 13.0 Å². The Morgan fingerprint density at radius 1 is 1.19 bits per heavy atom. The van der Waals surface area contributed by atoms with E-state index in [0.29, 0.717) is 29.6 Å². The zero-order valence-corrected chi connectivity index (χ0v) is 17.6. The van der Waals surface area contributed by atoms with Gasteiger partial charge in [-0.15, -0.1) is 0 Å². The molecule has 4 rings (SSSR count). The second-order valence-corrected chi connectivity index (χ2v) is 7.27. The second-order valence-electron chi connectivity index (χ2n) is 7.27. The number of aromatic nitrogens is 3. The van der Waals surface area contributed by atoms with Gasteiger partial charge in [0, 0.05) is 19.8 Å². The summed E-state index contributed by atoms with van der Waals surface area (Å²) in [5, 5.41) is 11.5. The first-order chi connectivity index (χ1) is 14.9. The number of carbonyl (C=O) groups excluding carboxylic acids is 1. The first kappa shape index (κ1) is 20.3. The van der Waals surface area contributed by atoms with E-state index < -0.39 is 5.91 Å². The molecule has 0 aliphatic heterocycles. The highest BCUT2D eigenvalue weighted by Crippen LogP contribution is 2.15. The van der Waals surface area contributed by atoms with Crippen LogP contribution in [0.3, 0.4) is 0 Å². The molecular weight excluding hydrogens is 394 g/mol. The third-order valence-electron chi connectivity index (χ3n) is 5.39. The maximum absolute atomic E-state index is 13.2. The van der Waals surface area contributed by atoms with Crippen molar-refractivity contribution in [1.82, 2.24) is 19.3 Å². The molecule has 8 heteroatoms. The fourth-order valence-electron chi connectivity index (χ4n) is 3.66. The predicted molar refractivity (Wildman–Crippen MR) is 118 cm³/mol. The third kappa shape index (κ3) is 3.56. The Hall–Kier alpha value is -3.94. The van der Waals surface area contributed by atoms with Crippen LogP contribution >= 0.6 is 0 Å². The van der Waals surface area contributed by atoms with Gasteiger partial charge in [0.05, 0.1) is 18.1 Å². The first-order valence-electron chi connectivity index (χ1n) is 9.89. The second kappa shape index (κ2) is 8.06. The smallest absolute Gasteiger partial charge is 0.267 e. The Morgan fingerprint density at radius 2 is 1.94 bits per heavy atom. The van der Waals surface area contributed by atoms with E-state index in [-0.39, 0.29) is 16.6 Å². The Labute approximate surface area is 178 Å². The monoisotopic (exact) mass is 417 g/mol. The van der Waals surface area contributed by atoms with Crippen LogP contribution in [0.2, 0.25) is 0 Å². The lowest BCUT2D eigenvalue weighted by Crippen LogP contribution is -2.34. The number of benzene rings is 1. The molecule has 0 saturated carbocycles. The van der Waals surface area contributed by atoms with Crippen molar-refractivity contribution in [3.8, 4) is 5.75 Å². The lowest BCUT2D eigenvalue weighted by atomic mass is 10.1. The van der Waals surface area contributed by atoms with Crippen LogP contribution in [-0.4, -0.2) is 34.0 Å². The van der Waals surface area contributed by atoms with Gasteiger partial charge in [-0.1, -0.05) is 18.2 Å². The van der Waals surface area contributed by atoms with Gasteiger partial charge in [-0.3, -0.25) is 19.4 Å². The number of pyridine rings is 2. The van der Waals surface area contributed by atoms with Gasteiger partial charge in [0.2, 0.25) is 0 Å². The average molecular weight is 417 g/mol. The normalized spacial score (nSPS) is 11.1. The third-order valence-corrected chi connectivity index (χ3v) is 5.39. The number of aryl methyl sites for hydroxylation is 3. The summed E-state index contributed by atoms with van der Waals surface area (Å²) in [5.41, 5.74) is 2.70. The molecule has 0 unspecified atom stereocenters. The molecule has 158 valence electrons. The zero-order chi connectivity index (χ0) is 22.1. The number of nitrogens with one attached hydrogen (secondary N) is 2. The Morgan fingerprint density at radius 3 is 2.61 bits per heavy atom. The fourth-order valence-corrected chi connectivity index (χ4v) is 3.66. The van der Waals surface area contributed by atoms with E-state index in [4.69, 9.17) is 15.1 Å². The van der Waals surface area contributed by atoms with Gasteiger partial charge in [0.1, 0.15) is 22.5 Å². The molecule has 0 aliphatic carbocycles. The highest BCUT2D eigenvalue weighted by Gasteiger charge is 2.17. The van der Waals surface area contributed by atoms with E-state index in [9.17, 15) is 9.59 Å². The number of hydrogen-bond acceptors (Lipinski definition) is 5. The Kier molecular flexibility index (Phi) is 5.29. The predicted octanol–water partition coefficient (Wildman–Crippen LogP) is 2.05. The van der Waals surface area contributed by atoms with Crippen LogP contribution in [0, 0.1) is 12.3 Å². The highest BCUT2D eigenvalue weighted by molar-refractivity contribution is 5.96. The summed E-state index contributed by atoms with van der Waals surface area (Å²) in [4.78, 5) is 30.3. The maximum atomic E-state index is 13.2. The number of carbonyl (C=O) groups is 1. The van der Waals surface area contributed by atoms with Crippen LogP contribution in [0.4, 0.5) is 0 Å². The number of amides is 1. The van der Waals surface area contributed by atoms with Crippen LogP contribution in [0.25, 0.3) is 16.7 Å². The summed E-state index contributed by atoms with van der Waals surface area (Å²) in [7, 11) is 3.12. The van der Waals surface area contributed by atoms with E-state index in [1.807, 2.05) is 37.3 Å². The molecule has 0 radical (unpaired) electrons. The molecule has 0 fully saturated rings. The van der Waals surface area contributed by atoms with E-state index in [0.717, 1.165) is 16.9 Å². The molecule has 0 atom stereocenters. The summed E-state index contributed by atoms with van der Waals surface area (Å²) in [6.45, 7) is 2.27. The van der Waals surface area contributed by atoms with Gasteiger partial charge >= 0.3 is 0 Å². The summed E-state index contributed by atoms with van der Waals surface area (Å²) >= 11 is 0. The number of methoxy groups -OCH3 is 1. The number of ether oxygens (including phenoxy) is 1. The molecular formula is C23H23N5O3. The average Bonchev–Trinajstić information content (AvgIpc) is 2.79. The Bertz CT molecular complexity index is 1420. The van der Waals surface area contributed by atoms with Gasteiger partial charge in [-0.2, -0.15) is 0 Å². The van der Waals surface area contributed by atoms with Crippen molar-refractivity contribution >= 4 is 22.6 Å². The lowest BCUT2D eigenvalue weighted by Gasteiger charge is -2.15. The Balaban J connectivity index is 1.93. The number of rotatable bonds is 5. The van der Waals surface area contributed by atoms with Crippen molar-refractivity contribution in [3.05, 3.63) is 81.2 Å². The topological polar surface area (TPSA) is 101 Å². The highest BCUT2D eigenvalue weighted by atomic mass is 16.5. The standard InChI is InChI=1S/C23H23N5O3/c1-14-5-4-11-28-20(14)26-21-18(23(28)30)13-17(22(29)25-2)19(24)27(21)12-10-15-6-8-16(31-3)9-7-15/h4-9,11,13,24H,10,12H2,1-3H3,(H,25,29). The van der Waals surface area contributed by atoms with Gasteiger partial charge in [-0.25, -0.2) is 4.98 Å². The van der Waals surface area contributed by atoms with Crippen molar-refractivity contribution in [1.29, 1.82) is 5.41 Å². The largest absolute Gasteiger partial charge is 0.497 e. The molecule has 0 spiro atoms. The number of nitrogens with zero attached hydrogens (tertiary/aromatic N) is 3. The van der Waals surface area contributed by atoms with E-state index in [1.54, 1.807) is 23.9 Å². The van der Waals surface area contributed by atoms with Crippen molar-refractivity contribution in [2.24, 2.45) is 0 Å². The van der Waals surface area contributed by atoms with Crippen LogP contribution in [0.1, 0.15) is 21.5 Å². The van der Waals surface area contributed by atoms with Gasteiger partial charge < -0.3 is 14.6 Å². The van der Waals surface area contributed by atoms with Crippen molar-refractivity contribution in [2.45, 2.75) is 19.9 Å². The molecule has 0 aliphatic rings. The summed E-state index contributed by atoms with van der Waals surface area (Å²) in [6, 6.07) is 12.8. The minimum Gasteiger partial charge on any atom is -0.497 e. The molecule has 31 heavy (non-hydrogen) atoms. The molecule has 3 aromatic heterocycles. The minimum absolute atomic E-state index is 0.0187. The molecule has 0 bridgehead atoms. The van der Waals surface area contributed by atoms with Gasteiger partial charge in [-0.05, 0) is 48.7 Å². The minimum atomic E-state index is -0.418. The lowest BCUT2D eigenvalue weighted by molar-refractivity contribution is 0.0960. The fraction of sp³-hybridized carbons (Fsp3) is 0.217.